The van der Waals surface area contributed by atoms with E-state index in [4.69, 9.17) is 0 Å². The molecule has 0 rings (SSSR count). The van der Waals surface area contributed by atoms with E-state index in [2.05, 4.69) is 0 Å². The summed E-state index contributed by atoms with van der Waals surface area (Å²) in [6.07, 6.45) is 6.34. The van der Waals surface area contributed by atoms with E-state index in [-0.39, 0.29) is 48.7 Å². The van der Waals surface area contributed by atoms with Gasteiger partial charge in [0.2, 0.25) is 5.91 Å². The Morgan fingerprint density at radius 3 is 2.10 bits per heavy atom. The molecule has 0 N–H and O–H groups in total. The van der Waals surface area contributed by atoms with Gasteiger partial charge >= 0.3 is 29.6 Å². The summed E-state index contributed by atoms with van der Waals surface area (Å²) < 4.78 is 11.8. The predicted octanol–water partition coefficient (Wildman–Crippen LogP) is -1.32. The molecule has 0 fully saturated rings. The molecule has 0 aromatic carbocycles. The number of alkyl halides is 1. The van der Waals surface area contributed by atoms with Gasteiger partial charge in [-0.25, -0.2) is 0 Å². The van der Waals surface area contributed by atoms with Gasteiger partial charge in [0, 0.05) is 13.0 Å². The first-order valence-corrected chi connectivity index (χ1v) is 7.15. The van der Waals surface area contributed by atoms with E-state index in [0.29, 0.717) is 19.4 Å². The number of carboxylic acid groups (broad SMARTS) is 1. The molecule has 0 unspecified atom stereocenters. The number of carboxylic acids is 1. The number of aliphatic carboxylic acids is 1. The first-order chi connectivity index (χ1) is 9.11. The van der Waals surface area contributed by atoms with Crippen LogP contribution in [0.3, 0.4) is 0 Å². The van der Waals surface area contributed by atoms with Gasteiger partial charge in [0.1, 0.15) is 0 Å². The molecule has 0 aromatic rings. The largest absolute Gasteiger partial charge is 1.00 e. The van der Waals surface area contributed by atoms with E-state index in [0.717, 1.165) is 38.5 Å². The third kappa shape index (κ3) is 12.9. The number of hydrogen-bond acceptors (Lipinski definition) is 3. The molecular weight excluding hydrogens is 272 g/mol. The number of unbranched alkanes of at least 4 members (excludes halogenated alkanes) is 5. The molecule has 0 saturated carbocycles. The minimum absolute atomic E-state index is 0. The number of halogens is 1. The normalized spacial score (nSPS) is 9.90. The Labute approximate surface area is 143 Å². The smallest absolute Gasteiger partial charge is 0.548 e. The summed E-state index contributed by atoms with van der Waals surface area (Å²) in [7, 11) is 0. The van der Waals surface area contributed by atoms with Gasteiger partial charge in [-0.3, -0.25) is 9.18 Å². The standard InChI is InChI=1S/C14H26FNO3.Na/c1-2-11-16(12-14(18)19)13(17)9-7-5-3-4-6-8-10-15;/h2-12H2,1H3,(H,18,19);/q;+1/p-1. The van der Waals surface area contributed by atoms with E-state index in [9.17, 15) is 19.1 Å². The second-order valence-electron chi connectivity index (χ2n) is 4.75. The molecular formula is C14H25FNNaO3. The molecule has 0 saturated heterocycles. The molecule has 20 heavy (non-hydrogen) atoms. The SMILES string of the molecule is CCCN(CC(=O)[O-])C(=O)CCCCCCCCF.[Na+]. The van der Waals surface area contributed by atoms with Crippen LogP contribution < -0.4 is 34.7 Å². The van der Waals surface area contributed by atoms with Crippen molar-refractivity contribution in [3.63, 3.8) is 0 Å². The molecule has 0 bridgehead atoms. The van der Waals surface area contributed by atoms with Crippen molar-refractivity contribution >= 4 is 11.9 Å². The summed E-state index contributed by atoms with van der Waals surface area (Å²) in [5.41, 5.74) is 0. The van der Waals surface area contributed by atoms with Crippen molar-refractivity contribution in [1.29, 1.82) is 0 Å². The van der Waals surface area contributed by atoms with Gasteiger partial charge < -0.3 is 14.8 Å². The number of amides is 1. The van der Waals surface area contributed by atoms with Crippen molar-refractivity contribution in [3.05, 3.63) is 0 Å². The van der Waals surface area contributed by atoms with Crippen LogP contribution in [0.5, 0.6) is 0 Å². The zero-order valence-electron chi connectivity index (χ0n) is 12.8. The third-order valence-corrected chi connectivity index (χ3v) is 2.94. The molecule has 6 heteroatoms. The molecule has 0 aromatic heterocycles. The zero-order chi connectivity index (χ0) is 14.5. The topological polar surface area (TPSA) is 60.4 Å². The van der Waals surface area contributed by atoms with Crippen molar-refractivity contribution in [1.82, 2.24) is 4.90 Å². The second-order valence-corrected chi connectivity index (χ2v) is 4.75. The average Bonchev–Trinajstić information content (AvgIpc) is 2.36. The van der Waals surface area contributed by atoms with E-state index in [1.165, 1.54) is 4.90 Å². The van der Waals surface area contributed by atoms with Crippen LogP contribution in [0.25, 0.3) is 0 Å². The summed E-state index contributed by atoms with van der Waals surface area (Å²) in [5, 5.41) is 10.5. The summed E-state index contributed by atoms with van der Waals surface area (Å²) >= 11 is 0. The van der Waals surface area contributed by atoms with Gasteiger partial charge in [0.25, 0.3) is 0 Å². The van der Waals surface area contributed by atoms with E-state index in [1.807, 2.05) is 6.92 Å². The van der Waals surface area contributed by atoms with Crippen LogP contribution in [0.1, 0.15) is 58.3 Å². The Morgan fingerprint density at radius 2 is 1.60 bits per heavy atom. The minimum Gasteiger partial charge on any atom is -0.548 e. The molecule has 0 aliphatic rings. The van der Waals surface area contributed by atoms with E-state index in [1.54, 1.807) is 0 Å². The molecule has 0 aliphatic carbocycles. The van der Waals surface area contributed by atoms with Crippen molar-refractivity contribution in [2.24, 2.45) is 0 Å². The summed E-state index contributed by atoms with van der Waals surface area (Å²) in [6.45, 7) is 1.79. The van der Waals surface area contributed by atoms with Gasteiger partial charge in [0.15, 0.2) is 0 Å². The molecule has 4 nitrogen and oxygen atoms in total. The van der Waals surface area contributed by atoms with Gasteiger partial charge in [-0.05, 0) is 19.3 Å². The van der Waals surface area contributed by atoms with Crippen LogP contribution in [0.15, 0.2) is 0 Å². The molecule has 0 spiro atoms. The van der Waals surface area contributed by atoms with Crippen LogP contribution in [0.4, 0.5) is 4.39 Å². The molecule has 0 aliphatic heterocycles. The van der Waals surface area contributed by atoms with Crippen LogP contribution in [-0.4, -0.2) is 36.5 Å². The Balaban J connectivity index is 0. The summed E-state index contributed by atoms with van der Waals surface area (Å²) in [4.78, 5) is 23.7. The van der Waals surface area contributed by atoms with Crippen LogP contribution in [0, 0.1) is 0 Å². The minimum atomic E-state index is -1.21. The van der Waals surface area contributed by atoms with Crippen molar-refractivity contribution in [3.8, 4) is 0 Å². The van der Waals surface area contributed by atoms with Gasteiger partial charge in [-0.1, -0.05) is 32.6 Å². The molecule has 0 heterocycles. The number of carbonyl (C=O) groups is 2. The maximum absolute atomic E-state index is 11.8. The fraction of sp³-hybridized carbons (Fsp3) is 0.857. The summed E-state index contributed by atoms with van der Waals surface area (Å²) in [5.74, 6) is -1.33. The van der Waals surface area contributed by atoms with Crippen molar-refractivity contribution in [2.75, 3.05) is 19.8 Å². The fourth-order valence-electron chi connectivity index (χ4n) is 1.95. The number of hydrogen-bond donors (Lipinski definition) is 0. The number of carbonyl (C=O) groups excluding carboxylic acids is 2. The molecule has 1 amide bonds. The fourth-order valence-corrected chi connectivity index (χ4v) is 1.95. The zero-order valence-corrected chi connectivity index (χ0v) is 14.8. The van der Waals surface area contributed by atoms with Crippen molar-refractivity contribution in [2.45, 2.75) is 58.3 Å². The number of nitrogens with zero attached hydrogens (tertiary/aromatic N) is 1. The predicted molar refractivity (Wildman–Crippen MR) is 70.2 cm³/mol. The molecule has 0 radical (unpaired) electrons. The second kappa shape index (κ2) is 15.3. The molecule has 112 valence electrons. The van der Waals surface area contributed by atoms with Crippen molar-refractivity contribution < 1.29 is 48.6 Å². The maximum Gasteiger partial charge on any atom is 1.00 e. The Morgan fingerprint density at radius 1 is 1.05 bits per heavy atom. The number of rotatable bonds is 12. The molecule has 0 atom stereocenters. The van der Waals surface area contributed by atoms with Crippen LogP contribution >= 0.6 is 0 Å². The maximum atomic E-state index is 11.8. The van der Waals surface area contributed by atoms with Crippen LogP contribution in [0.2, 0.25) is 0 Å². The third-order valence-electron chi connectivity index (χ3n) is 2.94. The Bertz CT molecular complexity index is 265. The monoisotopic (exact) mass is 297 g/mol. The average molecular weight is 297 g/mol. The van der Waals surface area contributed by atoms with E-state index < -0.39 is 5.97 Å². The van der Waals surface area contributed by atoms with Gasteiger partial charge in [0.05, 0.1) is 19.2 Å². The van der Waals surface area contributed by atoms with Gasteiger partial charge in [-0.2, -0.15) is 0 Å². The first kappa shape index (κ1) is 22.2. The van der Waals surface area contributed by atoms with Gasteiger partial charge in [-0.15, -0.1) is 0 Å². The summed E-state index contributed by atoms with van der Waals surface area (Å²) in [6, 6.07) is 0. The van der Waals surface area contributed by atoms with Crippen LogP contribution in [-0.2, 0) is 9.59 Å². The quantitative estimate of drug-likeness (QED) is 0.332. The Hall–Kier alpha value is -0.130. The first-order valence-electron chi connectivity index (χ1n) is 7.15. The Kier molecular flexibility index (Phi) is 16.9. The van der Waals surface area contributed by atoms with E-state index >= 15 is 0 Å².